The fourth-order valence-electron chi connectivity index (χ4n) is 3.35. The van der Waals surface area contributed by atoms with Crippen LogP contribution in [0.1, 0.15) is 32.3 Å². The van der Waals surface area contributed by atoms with Gasteiger partial charge in [-0.1, -0.05) is 26.0 Å². The summed E-state index contributed by atoms with van der Waals surface area (Å²) in [5.41, 5.74) is 2.73. The van der Waals surface area contributed by atoms with Gasteiger partial charge in [0.05, 0.1) is 7.11 Å². The zero-order chi connectivity index (χ0) is 20.8. The molecule has 0 aromatic heterocycles. The second-order valence-corrected chi connectivity index (χ2v) is 7.56. The predicted molar refractivity (Wildman–Crippen MR) is 114 cm³/mol. The van der Waals surface area contributed by atoms with Gasteiger partial charge >= 0.3 is 0 Å². The lowest BCUT2D eigenvalue weighted by Gasteiger charge is -2.30. The van der Waals surface area contributed by atoms with E-state index in [1.807, 2.05) is 35.2 Å². The number of nitrogens with zero attached hydrogens (tertiary/aromatic N) is 1. The first kappa shape index (κ1) is 20.7. The molecule has 0 aliphatic carbocycles. The fraction of sp³-hybridized carbons (Fsp3) is 0.391. The van der Waals surface area contributed by atoms with Crippen molar-refractivity contribution < 1.29 is 19.1 Å². The number of carbonyl (C=O) groups excluding carboxylic acids is 2. The highest BCUT2D eigenvalue weighted by Gasteiger charge is 2.24. The Balaban J connectivity index is 1.63. The zero-order valence-corrected chi connectivity index (χ0v) is 17.2. The first-order chi connectivity index (χ1) is 14.0. The van der Waals surface area contributed by atoms with Crippen molar-refractivity contribution in [3.63, 3.8) is 0 Å². The van der Waals surface area contributed by atoms with E-state index in [1.54, 1.807) is 19.2 Å². The van der Waals surface area contributed by atoms with Crippen molar-refractivity contribution in [3.8, 4) is 11.5 Å². The molecule has 3 rings (SSSR count). The average molecular weight is 396 g/mol. The van der Waals surface area contributed by atoms with Crippen LogP contribution >= 0.6 is 0 Å². The summed E-state index contributed by atoms with van der Waals surface area (Å²) in [6, 6.07) is 12.9. The summed E-state index contributed by atoms with van der Waals surface area (Å²) in [7, 11) is 1.56. The van der Waals surface area contributed by atoms with Gasteiger partial charge in [0.1, 0.15) is 0 Å². The Labute approximate surface area is 171 Å². The lowest BCUT2D eigenvalue weighted by atomic mass is 9.99. The van der Waals surface area contributed by atoms with E-state index in [1.165, 1.54) is 0 Å². The van der Waals surface area contributed by atoms with Gasteiger partial charge < -0.3 is 19.7 Å². The van der Waals surface area contributed by atoms with Crippen molar-refractivity contribution in [2.75, 3.05) is 30.5 Å². The van der Waals surface area contributed by atoms with Crippen LogP contribution in [-0.4, -0.2) is 32.1 Å². The second kappa shape index (κ2) is 9.45. The third kappa shape index (κ3) is 5.28. The maximum absolute atomic E-state index is 12.3. The Morgan fingerprint density at radius 2 is 1.90 bits per heavy atom. The molecule has 0 saturated carbocycles. The Bertz CT molecular complexity index is 879. The molecule has 2 aromatic rings. The molecule has 154 valence electrons. The van der Waals surface area contributed by atoms with E-state index < -0.39 is 0 Å². The fourth-order valence-corrected chi connectivity index (χ4v) is 3.35. The van der Waals surface area contributed by atoms with Gasteiger partial charge in [-0.05, 0) is 54.7 Å². The number of hydrogen-bond acceptors (Lipinski definition) is 4. The third-order valence-electron chi connectivity index (χ3n) is 4.92. The van der Waals surface area contributed by atoms with E-state index in [4.69, 9.17) is 9.47 Å². The molecule has 0 bridgehead atoms. The highest BCUT2D eigenvalue weighted by atomic mass is 16.5. The van der Waals surface area contributed by atoms with Gasteiger partial charge in [-0.3, -0.25) is 9.59 Å². The number of anilines is 2. The Morgan fingerprint density at radius 1 is 1.14 bits per heavy atom. The molecule has 2 aromatic carbocycles. The molecule has 0 fully saturated rings. The van der Waals surface area contributed by atoms with Gasteiger partial charge in [0.2, 0.25) is 5.91 Å². The predicted octanol–water partition coefficient (Wildman–Crippen LogP) is 4.04. The van der Waals surface area contributed by atoms with Crippen LogP contribution in [-0.2, 0) is 16.0 Å². The number of fused-ring (bicyclic) bond motifs is 1. The standard InChI is InChI=1S/C23H28N2O4/c1-16(2)12-13-25-19-10-9-18(14-17(19)8-11-23(25)27)24-22(26)15-29-21-7-5-4-6-20(21)28-3/h4-7,9-10,14,16H,8,11-13,15H2,1-3H3,(H,24,26). The molecule has 0 atom stereocenters. The number of ether oxygens (including phenoxy) is 2. The Kier molecular flexibility index (Phi) is 6.75. The van der Waals surface area contributed by atoms with Crippen LogP contribution in [0, 0.1) is 5.92 Å². The summed E-state index contributed by atoms with van der Waals surface area (Å²) in [5.74, 6) is 1.56. The molecule has 1 N–H and O–H groups in total. The summed E-state index contributed by atoms with van der Waals surface area (Å²) in [4.78, 5) is 26.5. The van der Waals surface area contributed by atoms with Crippen LogP contribution in [0.3, 0.4) is 0 Å². The van der Waals surface area contributed by atoms with Gasteiger partial charge in [0.15, 0.2) is 18.1 Å². The minimum Gasteiger partial charge on any atom is -0.493 e. The lowest BCUT2D eigenvalue weighted by Crippen LogP contribution is -2.36. The molecule has 0 radical (unpaired) electrons. The Hall–Kier alpha value is -3.02. The van der Waals surface area contributed by atoms with E-state index in [2.05, 4.69) is 19.2 Å². The number of methoxy groups -OCH3 is 1. The molecular weight excluding hydrogens is 368 g/mol. The molecular formula is C23H28N2O4. The topological polar surface area (TPSA) is 67.9 Å². The van der Waals surface area contributed by atoms with Crippen LogP contribution < -0.4 is 19.7 Å². The van der Waals surface area contributed by atoms with Crippen molar-refractivity contribution in [3.05, 3.63) is 48.0 Å². The minimum atomic E-state index is -0.251. The monoisotopic (exact) mass is 396 g/mol. The van der Waals surface area contributed by atoms with Gasteiger partial charge in [-0.15, -0.1) is 0 Å². The van der Waals surface area contributed by atoms with E-state index in [0.717, 1.165) is 24.2 Å². The first-order valence-corrected chi connectivity index (χ1v) is 9.97. The van der Waals surface area contributed by atoms with Crippen molar-refractivity contribution in [2.24, 2.45) is 5.92 Å². The smallest absolute Gasteiger partial charge is 0.262 e. The number of aryl methyl sites for hydroxylation is 1. The van der Waals surface area contributed by atoms with E-state index in [9.17, 15) is 9.59 Å². The molecule has 29 heavy (non-hydrogen) atoms. The summed E-state index contributed by atoms with van der Waals surface area (Å²) in [5, 5.41) is 2.87. The number of para-hydroxylation sites is 2. The third-order valence-corrected chi connectivity index (χ3v) is 4.92. The number of nitrogens with one attached hydrogen (secondary N) is 1. The van der Waals surface area contributed by atoms with Crippen LogP contribution in [0.25, 0.3) is 0 Å². The van der Waals surface area contributed by atoms with Crippen LogP contribution in [0.15, 0.2) is 42.5 Å². The number of carbonyl (C=O) groups is 2. The van der Waals surface area contributed by atoms with Crippen LogP contribution in [0.4, 0.5) is 11.4 Å². The normalized spacial score (nSPS) is 13.2. The van der Waals surface area contributed by atoms with Gasteiger partial charge in [-0.25, -0.2) is 0 Å². The van der Waals surface area contributed by atoms with Crippen molar-refractivity contribution in [1.82, 2.24) is 0 Å². The molecule has 2 amide bonds. The van der Waals surface area contributed by atoms with Crippen molar-refractivity contribution in [1.29, 1.82) is 0 Å². The number of amides is 2. The highest BCUT2D eigenvalue weighted by Crippen LogP contribution is 2.31. The molecule has 6 nitrogen and oxygen atoms in total. The number of benzene rings is 2. The van der Waals surface area contributed by atoms with E-state index >= 15 is 0 Å². The molecule has 0 spiro atoms. The van der Waals surface area contributed by atoms with Gasteiger partial charge in [0, 0.05) is 24.3 Å². The largest absolute Gasteiger partial charge is 0.493 e. The van der Waals surface area contributed by atoms with Crippen LogP contribution in [0.2, 0.25) is 0 Å². The molecule has 0 unspecified atom stereocenters. The lowest BCUT2D eigenvalue weighted by molar-refractivity contribution is -0.119. The summed E-state index contributed by atoms with van der Waals surface area (Å²) in [6.45, 7) is 4.92. The average Bonchev–Trinajstić information content (AvgIpc) is 2.71. The summed E-state index contributed by atoms with van der Waals surface area (Å²) >= 11 is 0. The second-order valence-electron chi connectivity index (χ2n) is 7.56. The molecule has 1 heterocycles. The zero-order valence-electron chi connectivity index (χ0n) is 17.2. The summed E-state index contributed by atoms with van der Waals surface area (Å²) < 4.78 is 10.8. The van der Waals surface area contributed by atoms with E-state index in [0.29, 0.717) is 35.9 Å². The number of hydrogen-bond donors (Lipinski definition) is 1. The first-order valence-electron chi connectivity index (χ1n) is 9.97. The quantitative estimate of drug-likeness (QED) is 0.731. The molecule has 6 heteroatoms. The maximum Gasteiger partial charge on any atom is 0.262 e. The van der Waals surface area contributed by atoms with Crippen molar-refractivity contribution in [2.45, 2.75) is 33.1 Å². The minimum absolute atomic E-state index is 0.115. The Morgan fingerprint density at radius 3 is 2.62 bits per heavy atom. The van der Waals surface area contributed by atoms with Gasteiger partial charge in [0.25, 0.3) is 5.91 Å². The summed E-state index contributed by atoms with van der Waals surface area (Å²) in [6.07, 6.45) is 2.15. The molecule has 1 aliphatic heterocycles. The van der Waals surface area contributed by atoms with Crippen molar-refractivity contribution >= 4 is 23.2 Å². The van der Waals surface area contributed by atoms with E-state index in [-0.39, 0.29) is 18.4 Å². The molecule has 1 aliphatic rings. The maximum atomic E-state index is 12.3. The highest BCUT2D eigenvalue weighted by molar-refractivity contribution is 5.97. The number of rotatable bonds is 8. The van der Waals surface area contributed by atoms with Crippen LogP contribution in [0.5, 0.6) is 11.5 Å². The van der Waals surface area contributed by atoms with Gasteiger partial charge in [-0.2, -0.15) is 0 Å². The SMILES string of the molecule is COc1ccccc1OCC(=O)Nc1ccc2c(c1)CCC(=O)N2CCC(C)C. The molecule has 0 saturated heterocycles.